The number of hydrogen-bond donors (Lipinski definition) is 0. The number of carbonyl (C=O) groups is 2. The summed E-state index contributed by atoms with van der Waals surface area (Å²) in [5.74, 6) is -0.915. The predicted octanol–water partition coefficient (Wildman–Crippen LogP) is 0.428. The quantitative estimate of drug-likeness (QED) is 0.588. The summed E-state index contributed by atoms with van der Waals surface area (Å²) in [6.45, 7) is 0. The minimum Gasteiger partial charge on any atom is -0.265 e. The molecule has 0 unspecified atom stereocenters. The molecule has 2 rings (SSSR count). The summed E-state index contributed by atoms with van der Waals surface area (Å²) in [6, 6.07) is 0. The van der Waals surface area contributed by atoms with Crippen molar-refractivity contribution in [3.63, 3.8) is 0 Å². The van der Waals surface area contributed by atoms with Crippen LogP contribution >= 0.6 is 0 Å². The van der Waals surface area contributed by atoms with Crippen LogP contribution in [0.4, 0.5) is 0 Å². The Bertz CT molecular complexity index is 412. The first-order chi connectivity index (χ1) is 6.77. The lowest BCUT2D eigenvalue weighted by Crippen LogP contribution is -1.92. The van der Waals surface area contributed by atoms with E-state index in [0.29, 0.717) is 0 Å². The zero-order chi connectivity index (χ0) is 9.97. The van der Waals surface area contributed by atoms with Crippen molar-refractivity contribution < 1.29 is 9.59 Å². The van der Waals surface area contributed by atoms with Gasteiger partial charge in [-0.05, 0) is 12.2 Å². The molecule has 0 N–H and O–H groups in total. The molecule has 0 aromatic rings. The molecule has 0 bridgehead atoms. The topological polar surface area (TPSA) is 83.6 Å². The van der Waals surface area contributed by atoms with Crippen molar-refractivity contribution in [3.8, 4) is 0 Å². The molecule has 2 amide bonds. The van der Waals surface area contributed by atoms with Gasteiger partial charge < -0.3 is 0 Å². The van der Waals surface area contributed by atoms with Gasteiger partial charge in [-0.1, -0.05) is 0 Å². The molecule has 0 radical (unpaired) electrons. The average Bonchev–Trinajstić information content (AvgIpc) is 2.72. The van der Waals surface area contributed by atoms with Crippen molar-refractivity contribution in [2.24, 2.45) is 20.2 Å². The Labute approximate surface area is 78.5 Å². The Morgan fingerprint density at radius 1 is 0.857 bits per heavy atom. The normalized spacial score (nSPS) is 19.7. The molecule has 2 aliphatic rings. The second-order valence-electron chi connectivity index (χ2n) is 2.47. The SMILES string of the molecule is O=C1N=CC=C1N=NC1=CC=NC1=O. The predicted molar refractivity (Wildman–Crippen MR) is 48.0 cm³/mol. The van der Waals surface area contributed by atoms with Crippen molar-refractivity contribution in [1.82, 2.24) is 0 Å². The van der Waals surface area contributed by atoms with E-state index < -0.39 is 11.8 Å². The Morgan fingerprint density at radius 2 is 1.29 bits per heavy atom. The first kappa shape index (κ1) is 8.36. The Morgan fingerprint density at radius 3 is 1.57 bits per heavy atom. The molecule has 68 valence electrons. The lowest BCUT2D eigenvalue weighted by Gasteiger charge is -1.88. The number of rotatable bonds is 2. The van der Waals surface area contributed by atoms with E-state index in [1.54, 1.807) is 0 Å². The van der Waals surface area contributed by atoms with Gasteiger partial charge in [0.15, 0.2) is 11.4 Å². The summed E-state index contributed by atoms with van der Waals surface area (Å²) < 4.78 is 0. The molecule has 6 heteroatoms. The molecule has 0 fully saturated rings. The number of aliphatic imine (C=N–C) groups is 2. The monoisotopic (exact) mass is 188 g/mol. The van der Waals surface area contributed by atoms with E-state index in [2.05, 4.69) is 20.2 Å². The Balaban J connectivity index is 2.09. The third kappa shape index (κ3) is 1.45. The fraction of sp³-hybridized carbons (Fsp3) is 0. The van der Waals surface area contributed by atoms with Crippen LogP contribution in [-0.4, -0.2) is 24.2 Å². The van der Waals surface area contributed by atoms with Crippen molar-refractivity contribution in [2.75, 3.05) is 0 Å². The average molecular weight is 188 g/mol. The van der Waals surface area contributed by atoms with Crippen molar-refractivity contribution in [2.45, 2.75) is 0 Å². The van der Waals surface area contributed by atoms with E-state index in [0.717, 1.165) is 0 Å². The van der Waals surface area contributed by atoms with E-state index in [1.807, 2.05) is 0 Å². The number of nitrogens with zero attached hydrogens (tertiary/aromatic N) is 4. The summed E-state index contributed by atoms with van der Waals surface area (Å²) >= 11 is 0. The van der Waals surface area contributed by atoms with Gasteiger partial charge >= 0.3 is 0 Å². The highest BCUT2D eigenvalue weighted by atomic mass is 16.2. The Hall–Kier alpha value is -2.24. The van der Waals surface area contributed by atoms with Gasteiger partial charge in [0.05, 0.1) is 0 Å². The summed E-state index contributed by atoms with van der Waals surface area (Å²) in [4.78, 5) is 28.7. The second-order valence-corrected chi connectivity index (χ2v) is 2.47. The van der Waals surface area contributed by atoms with Crippen molar-refractivity contribution in [3.05, 3.63) is 23.5 Å². The highest BCUT2D eigenvalue weighted by Crippen LogP contribution is 2.10. The fourth-order valence-electron chi connectivity index (χ4n) is 0.886. The number of allylic oxidation sites excluding steroid dienone is 2. The summed E-state index contributed by atoms with van der Waals surface area (Å²) in [5, 5.41) is 7.16. The van der Waals surface area contributed by atoms with E-state index in [4.69, 9.17) is 0 Å². The highest BCUT2D eigenvalue weighted by Gasteiger charge is 2.13. The van der Waals surface area contributed by atoms with Gasteiger partial charge in [0.25, 0.3) is 11.8 Å². The number of carbonyl (C=O) groups excluding carboxylic acids is 2. The van der Waals surface area contributed by atoms with Crippen LogP contribution in [0.1, 0.15) is 0 Å². The number of hydrogen-bond acceptors (Lipinski definition) is 4. The summed E-state index contributed by atoms with van der Waals surface area (Å²) in [5.41, 5.74) is 0.233. The van der Waals surface area contributed by atoms with Gasteiger partial charge in [0.2, 0.25) is 0 Å². The van der Waals surface area contributed by atoms with Gasteiger partial charge in [-0.25, -0.2) is 9.98 Å². The lowest BCUT2D eigenvalue weighted by molar-refractivity contribution is -0.115. The number of amides is 2. The second kappa shape index (κ2) is 3.25. The van der Waals surface area contributed by atoms with Crippen LogP contribution in [0.2, 0.25) is 0 Å². The van der Waals surface area contributed by atoms with Gasteiger partial charge in [0, 0.05) is 12.4 Å². The van der Waals surface area contributed by atoms with Crippen molar-refractivity contribution in [1.29, 1.82) is 0 Å². The molecular weight excluding hydrogens is 184 g/mol. The lowest BCUT2D eigenvalue weighted by atomic mass is 10.4. The van der Waals surface area contributed by atoms with Gasteiger partial charge in [-0.15, -0.1) is 10.2 Å². The van der Waals surface area contributed by atoms with Gasteiger partial charge in [0.1, 0.15) is 0 Å². The molecule has 0 saturated carbocycles. The first-order valence-corrected chi connectivity index (χ1v) is 3.76. The zero-order valence-corrected chi connectivity index (χ0v) is 6.91. The molecule has 0 spiro atoms. The molecule has 0 aliphatic carbocycles. The Kier molecular flexibility index (Phi) is 1.94. The molecular formula is C8H4N4O2. The molecule has 0 aromatic heterocycles. The van der Waals surface area contributed by atoms with Crippen LogP contribution < -0.4 is 0 Å². The van der Waals surface area contributed by atoms with E-state index >= 15 is 0 Å². The van der Waals surface area contributed by atoms with Gasteiger partial charge in [-0.2, -0.15) is 0 Å². The standard InChI is InChI=1S/C8H4N4O2/c13-7-5(1-3-9-7)11-12-6-2-4-10-8(6)14/h1-4H. The highest BCUT2D eigenvalue weighted by molar-refractivity contribution is 6.08. The summed E-state index contributed by atoms with van der Waals surface area (Å²) in [7, 11) is 0. The smallest absolute Gasteiger partial charge is 0.265 e. The van der Waals surface area contributed by atoms with E-state index in [-0.39, 0.29) is 11.4 Å². The molecule has 6 nitrogen and oxygen atoms in total. The first-order valence-electron chi connectivity index (χ1n) is 3.76. The molecule has 0 saturated heterocycles. The minimum absolute atomic E-state index is 0.116. The maximum Gasteiger partial charge on any atom is 0.297 e. The molecule has 0 aromatic carbocycles. The van der Waals surface area contributed by atoms with Crippen LogP contribution in [0.15, 0.2) is 43.8 Å². The van der Waals surface area contributed by atoms with Crippen LogP contribution in [0.5, 0.6) is 0 Å². The minimum atomic E-state index is -0.458. The van der Waals surface area contributed by atoms with E-state index in [9.17, 15) is 9.59 Å². The molecule has 0 atom stereocenters. The van der Waals surface area contributed by atoms with Crippen LogP contribution in [-0.2, 0) is 9.59 Å². The maximum atomic E-state index is 10.9. The fourth-order valence-corrected chi connectivity index (χ4v) is 0.886. The summed E-state index contributed by atoms with van der Waals surface area (Å²) in [6.07, 6.45) is 5.51. The zero-order valence-electron chi connectivity index (χ0n) is 6.91. The van der Waals surface area contributed by atoms with Gasteiger partial charge in [-0.3, -0.25) is 9.59 Å². The third-order valence-electron chi connectivity index (χ3n) is 1.55. The van der Waals surface area contributed by atoms with Crippen molar-refractivity contribution >= 4 is 24.2 Å². The third-order valence-corrected chi connectivity index (χ3v) is 1.55. The van der Waals surface area contributed by atoms with Crippen LogP contribution in [0.3, 0.4) is 0 Å². The number of azo groups is 1. The van der Waals surface area contributed by atoms with E-state index in [1.165, 1.54) is 24.6 Å². The maximum absolute atomic E-state index is 10.9. The van der Waals surface area contributed by atoms with Crippen LogP contribution in [0, 0.1) is 0 Å². The van der Waals surface area contributed by atoms with Crippen LogP contribution in [0.25, 0.3) is 0 Å². The largest absolute Gasteiger partial charge is 0.297 e. The molecule has 2 aliphatic heterocycles. The molecule has 2 heterocycles. The molecule has 14 heavy (non-hydrogen) atoms.